The van der Waals surface area contributed by atoms with Crippen molar-refractivity contribution in [2.45, 2.75) is 6.54 Å². The van der Waals surface area contributed by atoms with Crippen molar-refractivity contribution in [3.05, 3.63) is 80.9 Å². The number of nitrogens with zero attached hydrogens (tertiary/aromatic N) is 1. The standard InChI is InChI=1S/C15H10FNO3/c16-11-6-7-12-13(8-11)17(15(19)20-14(12)18)9-10-4-2-1-3-5-10/h1-8H,9H2. The third-order valence-electron chi connectivity index (χ3n) is 3.05. The summed E-state index contributed by atoms with van der Waals surface area (Å²) in [4.78, 5) is 23.5. The van der Waals surface area contributed by atoms with Gasteiger partial charge in [0.25, 0.3) is 0 Å². The molecule has 0 bridgehead atoms. The zero-order chi connectivity index (χ0) is 14.1. The molecule has 0 N–H and O–H groups in total. The normalized spacial score (nSPS) is 10.8. The van der Waals surface area contributed by atoms with Crippen molar-refractivity contribution in [2.75, 3.05) is 0 Å². The first kappa shape index (κ1) is 12.3. The lowest BCUT2D eigenvalue weighted by Gasteiger charge is -2.08. The summed E-state index contributed by atoms with van der Waals surface area (Å²) in [6, 6.07) is 12.8. The fourth-order valence-electron chi connectivity index (χ4n) is 2.10. The molecule has 2 aromatic carbocycles. The van der Waals surface area contributed by atoms with Crippen LogP contribution in [0.5, 0.6) is 0 Å². The van der Waals surface area contributed by atoms with Crippen LogP contribution in [0.3, 0.4) is 0 Å². The van der Waals surface area contributed by atoms with Crippen LogP contribution >= 0.6 is 0 Å². The number of halogens is 1. The summed E-state index contributed by atoms with van der Waals surface area (Å²) in [5.41, 5.74) is 0.332. The lowest BCUT2D eigenvalue weighted by Crippen LogP contribution is -2.25. The highest BCUT2D eigenvalue weighted by molar-refractivity contribution is 5.77. The van der Waals surface area contributed by atoms with E-state index in [-0.39, 0.29) is 17.4 Å². The molecule has 0 spiro atoms. The van der Waals surface area contributed by atoms with Gasteiger partial charge in [0.2, 0.25) is 0 Å². The minimum absolute atomic E-state index is 0.182. The number of hydrogen-bond donors (Lipinski definition) is 0. The summed E-state index contributed by atoms with van der Waals surface area (Å²) in [6.07, 6.45) is 0. The molecule has 0 unspecified atom stereocenters. The second kappa shape index (κ2) is 4.77. The van der Waals surface area contributed by atoms with E-state index in [1.807, 2.05) is 30.3 Å². The van der Waals surface area contributed by atoms with Gasteiger partial charge >= 0.3 is 11.4 Å². The first-order chi connectivity index (χ1) is 9.65. The van der Waals surface area contributed by atoms with Crippen LogP contribution in [-0.4, -0.2) is 4.57 Å². The predicted octanol–water partition coefficient (Wildman–Crippen LogP) is 2.14. The second-order valence-electron chi connectivity index (χ2n) is 4.39. The molecule has 3 rings (SSSR count). The van der Waals surface area contributed by atoms with E-state index in [4.69, 9.17) is 0 Å². The minimum atomic E-state index is -0.794. The SMILES string of the molecule is O=c1oc(=O)n(Cc2ccccc2)c2cc(F)ccc12. The third kappa shape index (κ3) is 2.14. The second-order valence-corrected chi connectivity index (χ2v) is 4.39. The van der Waals surface area contributed by atoms with Crippen molar-refractivity contribution in [1.82, 2.24) is 4.57 Å². The van der Waals surface area contributed by atoms with Crippen molar-refractivity contribution in [1.29, 1.82) is 0 Å². The van der Waals surface area contributed by atoms with Crippen LogP contribution in [0.4, 0.5) is 4.39 Å². The maximum absolute atomic E-state index is 13.4. The Kier molecular flexibility index (Phi) is 2.95. The van der Waals surface area contributed by atoms with Gasteiger partial charge in [-0.1, -0.05) is 30.3 Å². The van der Waals surface area contributed by atoms with Gasteiger partial charge in [-0.3, -0.25) is 4.57 Å². The van der Waals surface area contributed by atoms with Gasteiger partial charge in [-0.05, 0) is 23.8 Å². The van der Waals surface area contributed by atoms with Gasteiger partial charge < -0.3 is 4.42 Å². The summed E-state index contributed by atoms with van der Waals surface area (Å²) in [7, 11) is 0. The van der Waals surface area contributed by atoms with Gasteiger partial charge in [0.15, 0.2) is 0 Å². The van der Waals surface area contributed by atoms with Crippen LogP contribution in [0.1, 0.15) is 5.56 Å². The smallest absolute Gasteiger partial charge is 0.372 e. The Bertz CT molecular complexity index is 881. The van der Waals surface area contributed by atoms with Gasteiger partial charge in [-0.25, -0.2) is 14.0 Å². The number of fused-ring (bicyclic) bond motifs is 1. The van der Waals surface area contributed by atoms with Crippen LogP contribution in [-0.2, 0) is 6.54 Å². The number of hydrogen-bond acceptors (Lipinski definition) is 3. The van der Waals surface area contributed by atoms with Crippen LogP contribution in [0.25, 0.3) is 10.9 Å². The Labute approximate surface area is 112 Å². The zero-order valence-corrected chi connectivity index (χ0v) is 10.4. The summed E-state index contributed by atoms with van der Waals surface area (Å²) in [5.74, 6) is -1.30. The molecule has 5 heteroatoms. The van der Waals surface area contributed by atoms with Crippen molar-refractivity contribution < 1.29 is 8.81 Å². The summed E-state index contributed by atoms with van der Waals surface area (Å²) < 4.78 is 19.3. The monoisotopic (exact) mass is 271 g/mol. The Morgan fingerprint density at radius 2 is 1.80 bits per heavy atom. The van der Waals surface area contributed by atoms with E-state index in [0.717, 1.165) is 17.7 Å². The summed E-state index contributed by atoms with van der Waals surface area (Å²) in [5, 5.41) is 0.182. The molecule has 0 amide bonds. The van der Waals surface area contributed by atoms with Gasteiger partial charge in [-0.2, -0.15) is 0 Å². The quantitative estimate of drug-likeness (QED) is 0.717. The first-order valence-corrected chi connectivity index (χ1v) is 6.02. The van der Waals surface area contributed by atoms with Crippen molar-refractivity contribution in [3.8, 4) is 0 Å². The molecule has 1 heterocycles. The fourth-order valence-corrected chi connectivity index (χ4v) is 2.10. The highest BCUT2D eigenvalue weighted by atomic mass is 19.1. The molecular formula is C15H10FNO3. The van der Waals surface area contributed by atoms with Crippen LogP contribution in [0.15, 0.2) is 62.5 Å². The average Bonchev–Trinajstić information content (AvgIpc) is 2.44. The Balaban J connectivity index is 2.27. The molecule has 0 radical (unpaired) electrons. The van der Waals surface area contributed by atoms with E-state index >= 15 is 0 Å². The topological polar surface area (TPSA) is 52.2 Å². The molecule has 4 nitrogen and oxygen atoms in total. The maximum Gasteiger partial charge on any atom is 0.422 e. The van der Waals surface area contributed by atoms with Gasteiger partial charge in [0, 0.05) is 0 Å². The summed E-state index contributed by atoms with van der Waals surface area (Å²) >= 11 is 0. The van der Waals surface area contributed by atoms with E-state index in [2.05, 4.69) is 4.42 Å². The largest absolute Gasteiger partial charge is 0.422 e. The van der Waals surface area contributed by atoms with Gasteiger partial charge in [0.1, 0.15) is 5.82 Å². The Morgan fingerprint density at radius 1 is 1.05 bits per heavy atom. The van der Waals surface area contributed by atoms with Crippen molar-refractivity contribution >= 4 is 10.9 Å². The molecule has 0 saturated carbocycles. The Hall–Kier alpha value is -2.69. The lowest BCUT2D eigenvalue weighted by molar-refractivity contribution is 0.424. The molecule has 3 aromatic rings. The summed E-state index contributed by atoms with van der Waals surface area (Å²) in [6.45, 7) is 0.212. The van der Waals surface area contributed by atoms with Gasteiger partial charge in [-0.15, -0.1) is 0 Å². The number of aromatic nitrogens is 1. The first-order valence-electron chi connectivity index (χ1n) is 6.02. The number of rotatable bonds is 2. The molecule has 0 fully saturated rings. The van der Waals surface area contributed by atoms with Crippen molar-refractivity contribution in [3.63, 3.8) is 0 Å². The van der Waals surface area contributed by atoms with Crippen molar-refractivity contribution in [2.24, 2.45) is 0 Å². The highest BCUT2D eigenvalue weighted by Crippen LogP contribution is 2.12. The molecule has 0 aliphatic rings. The molecule has 100 valence electrons. The zero-order valence-electron chi connectivity index (χ0n) is 10.4. The number of benzene rings is 2. The van der Waals surface area contributed by atoms with E-state index < -0.39 is 17.2 Å². The molecule has 0 saturated heterocycles. The minimum Gasteiger partial charge on any atom is -0.372 e. The molecule has 0 aliphatic heterocycles. The molecular weight excluding hydrogens is 261 g/mol. The molecule has 0 aliphatic carbocycles. The van der Waals surface area contributed by atoms with Crippen LogP contribution < -0.4 is 11.4 Å². The van der Waals surface area contributed by atoms with E-state index in [1.54, 1.807) is 0 Å². The lowest BCUT2D eigenvalue weighted by atomic mass is 10.2. The average molecular weight is 271 g/mol. The van der Waals surface area contributed by atoms with E-state index in [0.29, 0.717) is 0 Å². The predicted molar refractivity (Wildman–Crippen MR) is 72.2 cm³/mol. The fraction of sp³-hybridized carbons (Fsp3) is 0.0667. The third-order valence-corrected chi connectivity index (χ3v) is 3.05. The molecule has 1 aromatic heterocycles. The van der Waals surface area contributed by atoms with Crippen LogP contribution in [0, 0.1) is 5.82 Å². The Morgan fingerprint density at radius 3 is 2.55 bits per heavy atom. The van der Waals surface area contributed by atoms with Crippen LogP contribution in [0.2, 0.25) is 0 Å². The molecule has 20 heavy (non-hydrogen) atoms. The molecule has 0 atom stereocenters. The maximum atomic E-state index is 13.4. The van der Waals surface area contributed by atoms with E-state index in [9.17, 15) is 14.0 Å². The van der Waals surface area contributed by atoms with Gasteiger partial charge in [0.05, 0.1) is 17.4 Å². The highest BCUT2D eigenvalue weighted by Gasteiger charge is 2.10. The van der Waals surface area contributed by atoms with E-state index in [1.165, 1.54) is 10.6 Å².